The molecule has 138 valence electrons. The van der Waals surface area contributed by atoms with Crippen molar-refractivity contribution in [1.82, 2.24) is 5.32 Å². The molecule has 0 aliphatic rings. The van der Waals surface area contributed by atoms with E-state index >= 15 is 0 Å². The number of carbonyl (C=O) groups excluding carboxylic acids is 2. The summed E-state index contributed by atoms with van der Waals surface area (Å²) >= 11 is 1.62. The van der Waals surface area contributed by atoms with Crippen molar-refractivity contribution >= 4 is 29.4 Å². The Bertz CT molecular complexity index is 721. The number of nitrogens with one attached hydrogen (secondary N) is 2. The quantitative estimate of drug-likeness (QED) is 0.532. The van der Waals surface area contributed by atoms with Crippen LogP contribution in [0.4, 0.5) is 14.9 Å². The summed E-state index contributed by atoms with van der Waals surface area (Å²) in [6.45, 7) is 2.58. The van der Waals surface area contributed by atoms with Gasteiger partial charge in [0, 0.05) is 22.7 Å². The number of ether oxygens (including phenoxy) is 1. The largest absolute Gasteiger partial charge is 0.450 e. The van der Waals surface area contributed by atoms with E-state index in [0.29, 0.717) is 24.4 Å². The number of halogens is 1. The van der Waals surface area contributed by atoms with E-state index < -0.39 is 6.09 Å². The first-order valence-electron chi connectivity index (χ1n) is 8.29. The molecule has 0 fully saturated rings. The van der Waals surface area contributed by atoms with Crippen molar-refractivity contribution in [1.29, 1.82) is 0 Å². The van der Waals surface area contributed by atoms with Gasteiger partial charge in [-0.2, -0.15) is 0 Å². The molecule has 0 spiro atoms. The molecule has 0 aliphatic heterocycles. The summed E-state index contributed by atoms with van der Waals surface area (Å²) in [4.78, 5) is 24.4. The molecular formula is C19H21FN2O3S. The molecule has 0 saturated heterocycles. The number of amides is 2. The van der Waals surface area contributed by atoms with E-state index in [9.17, 15) is 14.0 Å². The van der Waals surface area contributed by atoms with E-state index in [1.807, 2.05) is 0 Å². The highest BCUT2D eigenvalue weighted by molar-refractivity contribution is 7.99. The van der Waals surface area contributed by atoms with Crippen LogP contribution in [-0.2, 0) is 4.74 Å². The number of benzene rings is 2. The number of hydrogen-bond donors (Lipinski definition) is 2. The molecule has 2 rings (SSSR count). The van der Waals surface area contributed by atoms with Crippen molar-refractivity contribution in [3.63, 3.8) is 0 Å². The summed E-state index contributed by atoms with van der Waals surface area (Å²) in [7, 11) is 0. The van der Waals surface area contributed by atoms with E-state index in [2.05, 4.69) is 10.6 Å². The van der Waals surface area contributed by atoms with Crippen molar-refractivity contribution < 1.29 is 18.7 Å². The van der Waals surface area contributed by atoms with Gasteiger partial charge in [-0.1, -0.05) is 0 Å². The maximum absolute atomic E-state index is 12.8. The Hall–Kier alpha value is -2.54. The molecule has 2 aromatic carbocycles. The second-order valence-electron chi connectivity index (χ2n) is 5.33. The van der Waals surface area contributed by atoms with Gasteiger partial charge in [0.1, 0.15) is 5.82 Å². The fraction of sp³-hybridized carbons (Fsp3) is 0.263. The summed E-state index contributed by atoms with van der Waals surface area (Å²) in [6.07, 6.45) is 0.277. The van der Waals surface area contributed by atoms with Gasteiger partial charge < -0.3 is 10.1 Å². The normalized spacial score (nSPS) is 10.2. The van der Waals surface area contributed by atoms with Crippen molar-refractivity contribution in [2.75, 3.05) is 24.2 Å². The molecule has 2 aromatic rings. The van der Waals surface area contributed by atoms with Crippen molar-refractivity contribution in [3.8, 4) is 0 Å². The Kier molecular flexibility index (Phi) is 7.95. The van der Waals surface area contributed by atoms with Crippen LogP contribution >= 0.6 is 11.8 Å². The standard InChI is InChI=1S/C19H21FN2O3S/c1-2-25-19(24)22-16-8-4-14(5-9-16)18(23)21-12-3-13-26-17-10-6-15(20)7-11-17/h4-11H,2-3,12-13H2,1H3,(H,21,23)(H,22,24). The van der Waals surface area contributed by atoms with Crippen LogP contribution in [0.15, 0.2) is 53.4 Å². The maximum Gasteiger partial charge on any atom is 0.411 e. The number of anilines is 1. The molecule has 0 unspecified atom stereocenters. The summed E-state index contributed by atoms with van der Waals surface area (Å²) in [5.41, 5.74) is 1.08. The minimum atomic E-state index is -0.525. The van der Waals surface area contributed by atoms with Crippen LogP contribution in [0.1, 0.15) is 23.7 Å². The monoisotopic (exact) mass is 376 g/mol. The minimum absolute atomic E-state index is 0.167. The van der Waals surface area contributed by atoms with Gasteiger partial charge in [-0.3, -0.25) is 10.1 Å². The number of rotatable bonds is 8. The molecule has 0 bridgehead atoms. The van der Waals surface area contributed by atoms with E-state index in [-0.39, 0.29) is 11.7 Å². The Morgan fingerprint density at radius 1 is 1.08 bits per heavy atom. The average molecular weight is 376 g/mol. The van der Waals surface area contributed by atoms with Gasteiger partial charge in [0.25, 0.3) is 5.91 Å². The van der Waals surface area contributed by atoms with Crippen molar-refractivity contribution in [3.05, 3.63) is 59.9 Å². The molecule has 2 amide bonds. The Labute approximate surface area is 156 Å². The predicted molar refractivity (Wildman–Crippen MR) is 101 cm³/mol. The molecular weight excluding hydrogens is 355 g/mol. The molecule has 0 saturated carbocycles. The molecule has 0 heterocycles. The second kappa shape index (κ2) is 10.5. The van der Waals surface area contributed by atoms with Crippen LogP contribution in [-0.4, -0.2) is 30.9 Å². The minimum Gasteiger partial charge on any atom is -0.450 e. The first-order valence-corrected chi connectivity index (χ1v) is 9.27. The van der Waals surface area contributed by atoms with Gasteiger partial charge >= 0.3 is 6.09 Å². The highest BCUT2D eigenvalue weighted by atomic mass is 32.2. The summed E-state index contributed by atoms with van der Waals surface area (Å²) in [6, 6.07) is 12.9. The molecule has 26 heavy (non-hydrogen) atoms. The van der Waals surface area contributed by atoms with Gasteiger partial charge in [-0.25, -0.2) is 9.18 Å². The Morgan fingerprint density at radius 3 is 2.42 bits per heavy atom. The summed E-state index contributed by atoms with van der Waals surface area (Å²) in [5.74, 6) is 0.415. The van der Waals surface area contributed by atoms with Gasteiger partial charge in [0.15, 0.2) is 0 Å². The van der Waals surface area contributed by atoms with Gasteiger partial charge in [-0.05, 0) is 67.6 Å². The zero-order valence-corrected chi connectivity index (χ0v) is 15.3. The van der Waals surface area contributed by atoms with Crippen LogP contribution in [0.25, 0.3) is 0 Å². The fourth-order valence-electron chi connectivity index (χ4n) is 2.09. The van der Waals surface area contributed by atoms with Crippen LogP contribution < -0.4 is 10.6 Å². The van der Waals surface area contributed by atoms with Crippen LogP contribution in [0.2, 0.25) is 0 Å². The van der Waals surface area contributed by atoms with Crippen molar-refractivity contribution in [2.24, 2.45) is 0 Å². The molecule has 0 aliphatic carbocycles. The van der Waals surface area contributed by atoms with Gasteiger partial charge in [0.2, 0.25) is 0 Å². The second-order valence-corrected chi connectivity index (χ2v) is 6.50. The first-order chi connectivity index (χ1) is 12.6. The summed E-state index contributed by atoms with van der Waals surface area (Å²) < 4.78 is 17.6. The number of carbonyl (C=O) groups is 2. The van der Waals surface area contributed by atoms with E-state index in [1.165, 1.54) is 12.1 Å². The lowest BCUT2D eigenvalue weighted by Crippen LogP contribution is -2.24. The SMILES string of the molecule is CCOC(=O)Nc1ccc(C(=O)NCCCSc2ccc(F)cc2)cc1. The Balaban J connectivity index is 1.68. The first kappa shape index (κ1) is 19.8. The zero-order valence-electron chi connectivity index (χ0n) is 14.5. The number of hydrogen-bond acceptors (Lipinski definition) is 4. The van der Waals surface area contributed by atoms with E-state index in [4.69, 9.17) is 4.74 Å². The topological polar surface area (TPSA) is 67.4 Å². The lowest BCUT2D eigenvalue weighted by molar-refractivity contribution is 0.0954. The molecule has 0 aromatic heterocycles. The predicted octanol–water partition coefficient (Wildman–Crippen LogP) is 4.31. The molecule has 2 N–H and O–H groups in total. The average Bonchev–Trinajstić information content (AvgIpc) is 2.63. The van der Waals surface area contributed by atoms with Crippen LogP contribution in [0, 0.1) is 5.82 Å². The lowest BCUT2D eigenvalue weighted by atomic mass is 10.2. The third kappa shape index (κ3) is 6.76. The number of thioether (sulfide) groups is 1. The molecule has 7 heteroatoms. The third-order valence-corrected chi connectivity index (χ3v) is 4.46. The summed E-state index contributed by atoms with van der Waals surface area (Å²) in [5, 5.41) is 5.42. The van der Waals surface area contributed by atoms with Gasteiger partial charge in [-0.15, -0.1) is 11.8 Å². The zero-order chi connectivity index (χ0) is 18.8. The van der Waals surface area contributed by atoms with Crippen LogP contribution in [0.3, 0.4) is 0 Å². The molecule has 0 atom stereocenters. The van der Waals surface area contributed by atoms with E-state index in [0.717, 1.165) is 17.1 Å². The highest BCUT2D eigenvalue weighted by Gasteiger charge is 2.06. The van der Waals surface area contributed by atoms with E-state index in [1.54, 1.807) is 55.1 Å². The maximum atomic E-state index is 12.8. The smallest absolute Gasteiger partial charge is 0.411 e. The van der Waals surface area contributed by atoms with Gasteiger partial charge in [0.05, 0.1) is 6.61 Å². The van der Waals surface area contributed by atoms with Crippen LogP contribution in [0.5, 0.6) is 0 Å². The Morgan fingerprint density at radius 2 is 1.77 bits per heavy atom. The third-order valence-electron chi connectivity index (χ3n) is 3.36. The lowest BCUT2D eigenvalue weighted by Gasteiger charge is -2.07. The molecule has 0 radical (unpaired) electrons. The molecule has 5 nitrogen and oxygen atoms in total. The fourth-order valence-corrected chi connectivity index (χ4v) is 2.94. The van der Waals surface area contributed by atoms with Crippen molar-refractivity contribution in [2.45, 2.75) is 18.2 Å². The highest BCUT2D eigenvalue weighted by Crippen LogP contribution is 2.18.